The van der Waals surface area contributed by atoms with Crippen LogP contribution in [-0.2, 0) is 0 Å². The molecule has 1 aromatic rings. The van der Waals surface area contributed by atoms with Crippen LogP contribution in [0.2, 0.25) is 0 Å². The van der Waals surface area contributed by atoms with Crippen LogP contribution in [0.1, 0.15) is 81.9 Å². The average molecular weight is 319 g/mol. The van der Waals surface area contributed by atoms with Crippen LogP contribution in [0.4, 0.5) is 5.69 Å². The van der Waals surface area contributed by atoms with Gasteiger partial charge >= 0.3 is 0 Å². The Balaban J connectivity index is 2.37. The maximum absolute atomic E-state index is 5.53. The summed E-state index contributed by atoms with van der Waals surface area (Å²) >= 11 is 5.53. The van der Waals surface area contributed by atoms with Crippen molar-refractivity contribution >= 4 is 23.0 Å². The summed E-state index contributed by atoms with van der Waals surface area (Å²) in [4.78, 5) is 0. The summed E-state index contributed by atoms with van der Waals surface area (Å²) in [7, 11) is 0. The van der Waals surface area contributed by atoms with Gasteiger partial charge in [0.05, 0.1) is 0 Å². The molecule has 2 atom stereocenters. The van der Waals surface area contributed by atoms with E-state index >= 15 is 0 Å². The zero-order chi connectivity index (χ0) is 16.3. The molecule has 2 N–H and O–H groups in total. The van der Waals surface area contributed by atoms with Crippen LogP contribution in [0.3, 0.4) is 0 Å². The van der Waals surface area contributed by atoms with Crippen molar-refractivity contribution in [1.82, 2.24) is 5.32 Å². The first kappa shape index (κ1) is 17.3. The van der Waals surface area contributed by atoms with Gasteiger partial charge in [-0.2, -0.15) is 0 Å². The lowest BCUT2D eigenvalue weighted by Gasteiger charge is -2.24. The third-order valence-corrected chi connectivity index (χ3v) is 5.00. The molecule has 0 heterocycles. The quantitative estimate of drug-likeness (QED) is 0.680. The number of anilines is 1. The molecule has 2 rings (SSSR count). The van der Waals surface area contributed by atoms with Gasteiger partial charge in [0, 0.05) is 11.7 Å². The number of aryl methyl sites for hydroxylation is 1. The van der Waals surface area contributed by atoms with E-state index in [4.69, 9.17) is 12.2 Å². The first-order valence-electron chi connectivity index (χ1n) is 8.68. The van der Waals surface area contributed by atoms with E-state index in [9.17, 15) is 0 Å². The maximum atomic E-state index is 5.53. The molecule has 1 aromatic carbocycles. The Bertz CT molecular complexity index is 503. The van der Waals surface area contributed by atoms with E-state index in [0.717, 1.165) is 18.0 Å². The largest absolute Gasteiger partial charge is 0.360 e. The van der Waals surface area contributed by atoms with Crippen LogP contribution >= 0.6 is 12.2 Å². The number of hydrogen-bond acceptors (Lipinski definition) is 1. The van der Waals surface area contributed by atoms with Crippen molar-refractivity contribution in [2.24, 2.45) is 0 Å². The van der Waals surface area contributed by atoms with Crippen LogP contribution < -0.4 is 10.6 Å². The molecule has 0 aliphatic heterocycles. The second kappa shape index (κ2) is 7.45. The number of thiocarbonyl (C=S) groups is 1. The molecule has 22 heavy (non-hydrogen) atoms. The van der Waals surface area contributed by atoms with E-state index in [-0.39, 0.29) is 0 Å². The molecule has 1 saturated carbocycles. The Morgan fingerprint density at radius 3 is 2.05 bits per heavy atom. The van der Waals surface area contributed by atoms with Crippen molar-refractivity contribution in [3.8, 4) is 0 Å². The van der Waals surface area contributed by atoms with Gasteiger partial charge in [-0.25, -0.2) is 0 Å². The zero-order valence-corrected chi connectivity index (χ0v) is 15.4. The van der Waals surface area contributed by atoms with Crippen LogP contribution in [0.15, 0.2) is 12.1 Å². The minimum atomic E-state index is 0.536. The minimum absolute atomic E-state index is 0.536. The Kier molecular flexibility index (Phi) is 5.85. The third-order valence-electron chi connectivity index (χ3n) is 4.78. The van der Waals surface area contributed by atoms with Gasteiger partial charge in [-0.15, -0.1) is 0 Å². The number of benzene rings is 1. The first-order chi connectivity index (χ1) is 10.5. The molecule has 1 aliphatic rings. The molecule has 0 aromatic heterocycles. The molecular weight excluding hydrogens is 288 g/mol. The zero-order valence-electron chi connectivity index (χ0n) is 14.6. The van der Waals surface area contributed by atoms with Crippen LogP contribution in [0, 0.1) is 6.92 Å². The molecule has 0 spiro atoms. The monoisotopic (exact) mass is 318 g/mol. The summed E-state index contributed by atoms with van der Waals surface area (Å²) in [5.41, 5.74) is 5.39. The van der Waals surface area contributed by atoms with Gasteiger partial charge in [-0.1, -0.05) is 45.4 Å². The van der Waals surface area contributed by atoms with Crippen LogP contribution in [-0.4, -0.2) is 11.2 Å². The number of hydrogen-bond donors (Lipinski definition) is 2. The summed E-state index contributed by atoms with van der Waals surface area (Å²) in [6, 6.07) is 5.23. The first-order valence-corrected chi connectivity index (χ1v) is 9.09. The van der Waals surface area contributed by atoms with Gasteiger partial charge < -0.3 is 10.6 Å². The highest BCUT2D eigenvalue weighted by atomic mass is 32.1. The molecule has 1 aliphatic carbocycles. The van der Waals surface area contributed by atoms with Crippen molar-refractivity contribution in [3.63, 3.8) is 0 Å². The molecule has 0 amide bonds. The molecule has 2 nitrogen and oxygen atoms in total. The minimum Gasteiger partial charge on any atom is -0.360 e. The smallest absolute Gasteiger partial charge is 0.171 e. The molecule has 0 saturated heterocycles. The topological polar surface area (TPSA) is 24.1 Å². The highest BCUT2D eigenvalue weighted by Crippen LogP contribution is 2.36. The summed E-state index contributed by atoms with van der Waals surface area (Å²) < 4.78 is 0. The Hall–Kier alpha value is -1.09. The van der Waals surface area contributed by atoms with E-state index in [1.54, 1.807) is 0 Å². The lowest BCUT2D eigenvalue weighted by molar-refractivity contribution is 0.713. The van der Waals surface area contributed by atoms with Crippen LogP contribution in [0.25, 0.3) is 0 Å². The van der Waals surface area contributed by atoms with Crippen molar-refractivity contribution in [1.29, 1.82) is 0 Å². The van der Waals surface area contributed by atoms with Crippen molar-refractivity contribution in [2.45, 2.75) is 78.2 Å². The highest BCUT2D eigenvalue weighted by Gasteiger charge is 2.23. The van der Waals surface area contributed by atoms with E-state index in [1.807, 2.05) is 0 Å². The standard InChI is InChI=1S/C19H30N2S/c1-6-13(4)16-10-12(3)11-17(14(5)7-2)18(16)21-19(22)20-15-8-9-15/h10-11,13-15H,6-9H2,1-5H3,(H2,20,21,22). The molecular formula is C19H30N2S. The summed E-state index contributed by atoms with van der Waals surface area (Å²) in [6.07, 6.45) is 4.76. The normalized spacial score (nSPS) is 17.0. The molecule has 2 unspecified atom stereocenters. The molecule has 3 heteroatoms. The molecule has 122 valence electrons. The van der Waals surface area contributed by atoms with E-state index in [0.29, 0.717) is 17.9 Å². The van der Waals surface area contributed by atoms with Gasteiger partial charge in [-0.05, 0) is 67.8 Å². The lowest BCUT2D eigenvalue weighted by atomic mass is 9.87. The van der Waals surface area contributed by atoms with E-state index in [2.05, 4.69) is 57.4 Å². The SMILES string of the molecule is CCC(C)c1cc(C)cc(C(C)CC)c1NC(=S)NC1CC1. The van der Waals surface area contributed by atoms with E-state index in [1.165, 1.54) is 35.2 Å². The summed E-state index contributed by atoms with van der Waals surface area (Å²) in [5.74, 6) is 1.07. The summed E-state index contributed by atoms with van der Waals surface area (Å²) in [5, 5.41) is 7.71. The fourth-order valence-corrected chi connectivity index (χ4v) is 3.04. The van der Waals surface area contributed by atoms with Gasteiger partial charge in [0.15, 0.2) is 5.11 Å². The third kappa shape index (κ3) is 4.22. The van der Waals surface area contributed by atoms with Crippen molar-refractivity contribution in [3.05, 3.63) is 28.8 Å². The second-order valence-electron chi connectivity index (χ2n) is 6.81. The number of rotatable bonds is 6. The van der Waals surface area contributed by atoms with Gasteiger partial charge in [0.25, 0.3) is 0 Å². The molecule has 0 radical (unpaired) electrons. The van der Waals surface area contributed by atoms with Gasteiger partial charge in [0.2, 0.25) is 0 Å². The fourth-order valence-electron chi connectivity index (χ4n) is 2.77. The Labute approximate surface area is 141 Å². The molecule has 0 bridgehead atoms. The fraction of sp³-hybridized carbons (Fsp3) is 0.632. The average Bonchev–Trinajstić information content (AvgIpc) is 3.30. The van der Waals surface area contributed by atoms with Crippen LogP contribution in [0.5, 0.6) is 0 Å². The maximum Gasteiger partial charge on any atom is 0.171 e. The Morgan fingerprint density at radius 2 is 1.64 bits per heavy atom. The van der Waals surface area contributed by atoms with Crippen molar-refractivity contribution in [2.75, 3.05) is 5.32 Å². The summed E-state index contributed by atoms with van der Waals surface area (Å²) in [6.45, 7) is 11.3. The Morgan fingerprint density at radius 1 is 1.14 bits per heavy atom. The van der Waals surface area contributed by atoms with E-state index < -0.39 is 0 Å². The predicted octanol–water partition coefficient (Wildman–Crippen LogP) is 5.47. The van der Waals surface area contributed by atoms with Gasteiger partial charge in [0.1, 0.15) is 0 Å². The highest BCUT2D eigenvalue weighted by molar-refractivity contribution is 7.80. The van der Waals surface area contributed by atoms with Gasteiger partial charge in [-0.3, -0.25) is 0 Å². The molecule has 1 fully saturated rings. The lowest BCUT2D eigenvalue weighted by Crippen LogP contribution is -2.31. The number of nitrogens with one attached hydrogen (secondary N) is 2. The van der Waals surface area contributed by atoms with Crippen molar-refractivity contribution < 1.29 is 0 Å². The predicted molar refractivity (Wildman–Crippen MR) is 101 cm³/mol. The second-order valence-corrected chi connectivity index (χ2v) is 7.22.